The Morgan fingerprint density at radius 1 is 1.26 bits per heavy atom. The summed E-state index contributed by atoms with van der Waals surface area (Å²) in [4.78, 5) is 31.2. The Labute approximate surface area is 180 Å². The molecule has 31 heavy (non-hydrogen) atoms. The van der Waals surface area contributed by atoms with Gasteiger partial charge in [-0.05, 0) is 38.0 Å². The van der Waals surface area contributed by atoms with Gasteiger partial charge >= 0.3 is 0 Å². The third-order valence-corrected chi connectivity index (χ3v) is 4.84. The van der Waals surface area contributed by atoms with Crippen LogP contribution in [0.3, 0.4) is 0 Å². The minimum absolute atomic E-state index is 0.00612. The molecule has 0 saturated heterocycles. The maximum atomic E-state index is 12.8. The van der Waals surface area contributed by atoms with Crippen LogP contribution in [0, 0.1) is 6.92 Å². The zero-order valence-electron chi connectivity index (χ0n) is 17.6. The number of hydrogen-bond donors (Lipinski definition) is 2. The van der Waals surface area contributed by atoms with Gasteiger partial charge in [0.2, 0.25) is 17.7 Å². The van der Waals surface area contributed by atoms with E-state index < -0.39 is 6.04 Å². The highest BCUT2D eigenvalue weighted by atomic mass is 16.5. The first kappa shape index (κ1) is 22.2. The van der Waals surface area contributed by atoms with Crippen LogP contribution in [0.1, 0.15) is 30.4 Å². The zero-order chi connectivity index (χ0) is 22.2. The highest BCUT2D eigenvalue weighted by molar-refractivity contribution is 5.88. The van der Waals surface area contributed by atoms with Gasteiger partial charge in [-0.2, -0.15) is 0 Å². The summed E-state index contributed by atoms with van der Waals surface area (Å²) in [7, 11) is 0. The third-order valence-electron chi connectivity index (χ3n) is 4.84. The Balaban J connectivity index is 1.62. The fourth-order valence-corrected chi connectivity index (χ4v) is 3.31. The van der Waals surface area contributed by atoms with Crippen molar-refractivity contribution in [3.63, 3.8) is 0 Å². The van der Waals surface area contributed by atoms with Crippen LogP contribution in [0.25, 0.3) is 11.5 Å². The Bertz CT molecular complexity index is 982. The van der Waals surface area contributed by atoms with Crippen molar-refractivity contribution in [1.29, 1.82) is 0 Å². The number of hydrogen-bond acceptors (Lipinski definition) is 7. The first-order valence-electron chi connectivity index (χ1n) is 10.1. The molecule has 0 aliphatic rings. The molecular weight excluding hydrogens is 400 g/mol. The first-order chi connectivity index (χ1) is 15.0. The predicted molar refractivity (Wildman–Crippen MR) is 112 cm³/mol. The molecule has 2 amide bonds. The van der Waals surface area contributed by atoms with Crippen molar-refractivity contribution in [1.82, 2.24) is 20.4 Å². The van der Waals surface area contributed by atoms with Gasteiger partial charge in [0.1, 0.15) is 18.1 Å². The van der Waals surface area contributed by atoms with Gasteiger partial charge in [-0.3, -0.25) is 9.59 Å². The second-order valence-corrected chi connectivity index (χ2v) is 7.07. The van der Waals surface area contributed by atoms with E-state index in [1.165, 1.54) is 11.2 Å². The van der Waals surface area contributed by atoms with Crippen LogP contribution in [0.2, 0.25) is 0 Å². The molecule has 3 rings (SSSR count). The van der Waals surface area contributed by atoms with E-state index in [-0.39, 0.29) is 31.3 Å². The van der Waals surface area contributed by atoms with E-state index in [9.17, 15) is 14.7 Å². The summed E-state index contributed by atoms with van der Waals surface area (Å²) < 4.78 is 10.4. The molecule has 1 aromatic carbocycles. The van der Waals surface area contributed by atoms with E-state index in [0.29, 0.717) is 30.4 Å². The number of aryl methyl sites for hydroxylation is 1. The molecule has 9 heteroatoms. The minimum atomic E-state index is -0.780. The molecule has 0 radical (unpaired) electrons. The molecule has 0 aliphatic carbocycles. The standard InChI is InChI=1S/C22H26N4O5/c1-3-26(20(28)13-18-12-15(2)25-31-18)19(8-10-27)21(29)24-14-16-4-6-17(7-5-16)22-23-9-11-30-22/h4-7,9,11-12,19,27H,3,8,10,13-14H2,1-2H3,(H,24,29)/t19-/m0/s1. The monoisotopic (exact) mass is 426 g/mol. The van der Waals surface area contributed by atoms with Crippen LogP contribution in [0.4, 0.5) is 0 Å². The summed E-state index contributed by atoms with van der Waals surface area (Å²) in [5.41, 5.74) is 2.41. The molecule has 1 atom stereocenters. The quantitative estimate of drug-likeness (QED) is 0.509. The van der Waals surface area contributed by atoms with Gasteiger partial charge in [0, 0.05) is 31.3 Å². The van der Waals surface area contributed by atoms with Gasteiger partial charge in [-0.25, -0.2) is 4.98 Å². The second kappa shape index (κ2) is 10.5. The van der Waals surface area contributed by atoms with Gasteiger partial charge in [0.05, 0.1) is 18.3 Å². The molecule has 2 heterocycles. The third kappa shape index (κ3) is 5.79. The van der Waals surface area contributed by atoms with Crippen LogP contribution in [0.5, 0.6) is 0 Å². The second-order valence-electron chi connectivity index (χ2n) is 7.07. The van der Waals surface area contributed by atoms with E-state index in [2.05, 4.69) is 15.5 Å². The number of nitrogens with one attached hydrogen (secondary N) is 1. The molecule has 0 unspecified atom stereocenters. The first-order valence-corrected chi connectivity index (χ1v) is 10.1. The number of amides is 2. The molecular formula is C22H26N4O5. The molecule has 2 aromatic heterocycles. The Hall–Kier alpha value is -3.46. The average molecular weight is 426 g/mol. The number of carbonyl (C=O) groups is 2. The summed E-state index contributed by atoms with van der Waals surface area (Å²) in [6, 6.07) is 8.37. The number of aliphatic hydroxyl groups excluding tert-OH is 1. The van der Waals surface area contributed by atoms with Crippen molar-refractivity contribution in [2.24, 2.45) is 0 Å². The van der Waals surface area contributed by atoms with Crippen LogP contribution in [-0.4, -0.2) is 51.2 Å². The molecule has 3 aromatic rings. The van der Waals surface area contributed by atoms with Gasteiger partial charge in [-0.1, -0.05) is 17.3 Å². The van der Waals surface area contributed by atoms with Crippen LogP contribution < -0.4 is 5.32 Å². The number of rotatable bonds is 10. The molecule has 0 aliphatic heterocycles. The van der Waals surface area contributed by atoms with Gasteiger partial charge in [-0.15, -0.1) is 0 Å². The highest BCUT2D eigenvalue weighted by Gasteiger charge is 2.28. The van der Waals surface area contributed by atoms with Crippen LogP contribution in [0.15, 0.2) is 51.7 Å². The van der Waals surface area contributed by atoms with Crippen molar-refractivity contribution in [3.05, 3.63) is 59.8 Å². The summed E-state index contributed by atoms with van der Waals surface area (Å²) in [6.07, 6.45) is 3.24. The van der Waals surface area contributed by atoms with Crippen molar-refractivity contribution >= 4 is 11.8 Å². The van der Waals surface area contributed by atoms with E-state index in [0.717, 1.165) is 11.1 Å². The fourth-order valence-electron chi connectivity index (χ4n) is 3.31. The Kier molecular flexibility index (Phi) is 7.55. The fraction of sp³-hybridized carbons (Fsp3) is 0.364. The van der Waals surface area contributed by atoms with Gasteiger partial charge < -0.3 is 24.3 Å². The molecule has 0 saturated carbocycles. The predicted octanol–water partition coefficient (Wildman–Crippen LogP) is 2.10. The number of nitrogens with zero attached hydrogens (tertiary/aromatic N) is 3. The van der Waals surface area contributed by atoms with Crippen molar-refractivity contribution in [2.45, 2.75) is 39.3 Å². The van der Waals surface area contributed by atoms with E-state index in [1.54, 1.807) is 26.1 Å². The Morgan fingerprint density at radius 2 is 2.03 bits per heavy atom. The van der Waals surface area contributed by atoms with Gasteiger partial charge in [0.25, 0.3) is 0 Å². The normalized spacial score (nSPS) is 11.8. The van der Waals surface area contributed by atoms with E-state index in [1.807, 2.05) is 24.3 Å². The van der Waals surface area contributed by atoms with Crippen molar-refractivity contribution in [3.8, 4) is 11.5 Å². The highest BCUT2D eigenvalue weighted by Crippen LogP contribution is 2.17. The zero-order valence-corrected chi connectivity index (χ0v) is 17.6. The number of likely N-dealkylation sites (N-methyl/N-ethyl adjacent to an activating group) is 1. The van der Waals surface area contributed by atoms with Crippen LogP contribution in [-0.2, 0) is 22.6 Å². The number of oxazole rings is 1. The molecule has 0 spiro atoms. The van der Waals surface area contributed by atoms with Crippen LogP contribution >= 0.6 is 0 Å². The molecule has 0 bridgehead atoms. The largest absolute Gasteiger partial charge is 0.445 e. The van der Waals surface area contributed by atoms with Gasteiger partial charge in [0.15, 0.2) is 0 Å². The molecule has 0 fully saturated rings. The van der Waals surface area contributed by atoms with E-state index >= 15 is 0 Å². The van der Waals surface area contributed by atoms with E-state index in [4.69, 9.17) is 8.94 Å². The summed E-state index contributed by atoms with van der Waals surface area (Å²) in [6.45, 7) is 3.97. The average Bonchev–Trinajstić information content (AvgIpc) is 3.44. The van der Waals surface area contributed by atoms with Crippen molar-refractivity contribution < 1.29 is 23.6 Å². The lowest BCUT2D eigenvalue weighted by molar-refractivity contribution is -0.140. The smallest absolute Gasteiger partial charge is 0.243 e. The lowest BCUT2D eigenvalue weighted by Crippen LogP contribution is -2.50. The summed E-state index contributed by atoms with van der Waals surface area (Å²) in [5.74, 6) is 0.380. The lowest BCUT2D eigenvalue weighted by Gasteiger charge is -2.29. The number of aromatic nitrogens is 2. The Morgan fingerprint density at radius 3 is 2.61 bits per heavy atom. The summed E-state index contributed by atoms with van der Waals surface area (Å²) in [5, 5.41) is 16.1. The maximum absolute atomic E-state index is 12.8. The topological polar surface area (TPSA) is 122 Å². The van der Waals surface area contributed by atoms with Crippen molar-refractivity contribution in [2.75, 3.05) is 13.2 Å². The maximum Gasteiger partial charge on any atom is 0.243 e. The molecule has 9 nitrogen and oxygen atoms in total. The minimum Gasteiger partial charge on any atom is -0.445 e. The molecule has 2 N–H and O–H groups in total. The molecule has 164 valence electrons. The number of aliphatic hydroxyl groups is 1. The summed E-state index contributed by atoms with van der Waals surface area (Å²) >= 11 is 0. The lowest BCUT2D eigenvalue weighted by atomic mass is 10.1. The number of benzene rings is 1. The SMILES string of the molecule is CCN(C(=O)Cc1cc(C)no1)[C@@H](CCO)C(=O)NCc1ccc(-c2ncco2)cc1. The number of carbonyl (C=O) groups excluding carboxylic acids is 2.